The first-order chi connectivity index (χ1) is 5.33. The van der Waals surface area contributed by atoms with Crippen LogP contribution in [0.4, 0.5) is 4.39 Å². The van der Waals surface area contributed by atoms with Crippen LogP contribution in [0, 0.1) is 5.82 Å². The van der Waals surface area contributed by atoms with Gasteiger partial charge in [-0.1, -0.05) is 24.3 Å². The monoisotopic (exact) mass is 151 g/mol. The third-order valence-corrected chi connectivity index (χ3v) is 1.26. The average molecular weight is 151 g/mol. The Bertz CT molecular complexity index is 255. The highest BCUT2D eigenvalue weighted by Gasteiger charge is 1.88. The number of hydrogen-bond acceptors (Lipinski definition) is 0. The van der Waals surface area contributed by atoms with Crippen molar-refractivity contribution in [2.75, 3.05) is 6.61 Å². The maximum atomic E-state index is 12.5. The lowest BCUT2D eigenvalue weighted by atomic mass is 10.2. The van der Waals surface area contributed by atoms with Crippen LogP contribution >= 0.6 is 0 Å². The molecule has 57 valence electrons. The van der Waals surface area contributed by atoms with Gasteiger partial charge in [0.15, 0.2) is 0 Å². The molecule has 1 aromatic rings. The van der Waals surface area contributed by atoms with Gasteiger partial charge in [-0.15, -0.1) is 0 Å². The zero-order valence-corrected chi connectivity index (χ0v) is 5.96. The molecule has 0 aromatic heterocycles. The van der Waals surface area contributed by atoms with Gasteiger partial charge in [0.25, 0.3) is 0 Å². The topological polar surface area (TPSA) is 19.9 Å². The average Bonchev–Trinajstić information content (AvgIpc) is 2.01. The van der Waals surface area contributed by atoms with E-state index in [0.717, 1.165) is 5.56 Å². The van der Waals surface area contributed by atoms with Crippen molar-refractivity contribution < 1.29 is 9.50 Å². The Morgan fingerprint density at radius 3 is 2.91 bits per heavy atom. The smallest absolute Gasteiger partial charge is 0.123 e. The predicted octanol–water partition coefficient (Wildman–Crippen LogP) is 2.27. The number of benzene rings is 1. The molecule has 1 radical (unpaired) electrons. The van der Waals surface area contributed by atoms with Gasteiger partial charge in [0, 0.05) is 0 Å². The summed E-state index contributed by atoms with van der Waals surface area (Å²) in [7, 11) is 0. The Morgan fingerprint density at radius 2 is 2.27 bits per heavy atom. The molecule has 0 bridgehead atoms. The fraction of sp³-hybridized carbons (Fsp3) is 0.111. The highest BCUT2D eigenvalue weighted by molar-refractivity contribution is 5.48. The van der Waals surface area contributed by atoms with Crippen LogP contribution in [0.25, 0.3) is 6.08 Å². The number of hydrogen-bond donors (Lipinski definition) is 0. The van der Waals surface area contributed by atoms with Crippen molar-refractivity contribution in [3.63, 3.8) is 0 Å². The van der Waals surface area contributed by atoms with E-state index in [2.05, 4.69) is 0 Å². The van der Waals surface area contributed by atoms with Gasteiger partial charge in [0.1, 0.15) is 12.4 Å². The van der Waals surface area contributed by atoms with E-state index in [4.69, 9.17) is 0 Å². The van der Waals surface area contributed by atoms with E-state index in [1.165, 1.54) is 18.2 Å². The summed E-state index contributed by atoms with van der Waals surface area (Å²) < 4.78 is 12.5. The molecular formula is C9H8FO. The number of rotatable bonds is 2. The fourth-order valence-electron chi connectivity index (χ4n) is 0.794. The molecule has 1 aromatic carbocycles. The van der Waals surface area contributed by atoms with Crippen LogP contribution in [-0.4, -0.2) is 6.61 Å². The number of halogens is 1. The lowest BCUT2D eigenvalue weighted by molar-refractivity contribution is 0.233. The van der Waals surface area contributed by atoms with Crippen LogP contribution in [0.1, 0.15) is 5.56 Å². The summed E-state index contributed by atoms with van der Waals surface area (Å²) in [6, 6.07) is 6.11. The predicted molar refractivity (Wildman–Crippen MR) is 41.0 cm³/mol. The Labute approximate surface area is 64.8 Å². The molecule has 0 fully saturated rings. The van der Waals surface area contributed by atoms with Gasteiger partial charge in [-0.2, -0.15) is 0 Å². The molecule has 0 heterocycles. The van der Waals surface area contributed by atoms with Crippen molar-refractivity contribution in [3.8, 4) is 0 Å². The van der Waals surface area contributed by atoms with Crippen LogP contribution in [0.3, 0.4) is 0 Å². The van der Waals surface area contributed by atoms with Gasteiger partial charge in [0.05, 0.1) is 0 Å². The Hall–Kier alpha value is -1.15. The van der Waals surface area contributed by atoms with Gasteiger partial charge >= 0.3 is 0 Å². The van der Waals surface area contributed by atoms with Crippen LogP contribution in [0.2, 0.25) is 0 Å². The lowest BCUT2D eigenvalue weighted by Crippen LogP contribution is -1.76. The van der Waals surface area contributed by atoms with Gasteiger partial charge in [-0.05, 0) is 17.7 Å². The van der Waals surface area contributed by atoms with E-state index < -0.39 is 0 Å². The Morgan fingerprint density at radius 1 is 1.45 bits per heavy atom. The highest BCUT2D eigenvalue weighted by atomic mass is 19.1. The molecule has 1 nitrogen and oxygen atoms in total. The van der Waals surface area contributed by atoms with Crippen molar-refractivity contribution in [2.24, 2.45) is 0 Å². The first-order valence-electron chi connectivity index (χ1n) is 3.33. The summed E-state index contributed by atoms with van der Waals surface area (Å²) >= 11 is 0. The summed E-state index contributed by atoms with van der Waals surface area (Å²) in [6.07, 6.45) is 3.06. The molecule has 0 atom stereocenters. The SMILES string of the molecule is [O]CC=Cc1cccc(F)c1. The second kappa shape index (κ2) is 3.88. The second-order valence-corrected chi connectivity index (χ2v) is 2.12. The maximum absolute atomic E-state index is 12.5. The largest absolute Gasteiger partial charge is 0.232 e. The van der Waals surface area contributed by atoms with E-state index in [1.807, 2.05) is 0 Å². The van der Waals surface area contributed by atoms with E-state index in [1.54, 1.807) is 18.2 Å². The summed E-state index contributed by atoms with van der Waals surface area (Å²) in [5.74, 6) is -0.280. The van der Waals surface area contributed by atoms with Gasteiger partial charge in [0.2, 0.25) is 0 Å². The molecule has 0 saturated carbocycles. The molecule has 0 aliphatic carbocycles. The first-order valence-corrected chi connectivity index (χ1v) is 3.33. The standard InChI is InChI=1S/C9H8FO/c10-9-5-1-3-8(7-9)4-2-6-11/h1-5,7H,6H2. The molecule has 0 unspecified atom stereocenters. The first kappa shape index (κ1) is 7.95. The van der Waals surface area contributed by atoms with Crippen LogP contribution < -0.4 is 0 Å². The van der Waals surface area contributed by atoms with E-state index in [0.29, 0.717) is 0 Å². The van der Waals surface area contributed by atoms with Gasteiger partial charge < -0.3 is 0 Å². The molecule has 11 heavy (non-hydrogen) atoms. The van der Waals surface area contributed by atoms with Crippen molar-refractivity contribution in [1.29, 1.82) is 0 Å². The lowest BCUT2D eigenvalue weighted by Gasteiger charge is -1.91. The summed E-state index contributed by atoms with van der Waals surface area (Å²) in [5.41, 5.74) is 0.723. The van der Waals surface area contributed by atoms with Crippen LogP contribution in [-0.2, 0) is 5.11 Å². The van der Waals surface area contributed by atoms with Crippen LogP contribution in [0.5, 0.6) is 0 Å². The van der Waals surface area contributed by atoms with Crippen molar-refractivity contribution in [1.82, 2.24) is 0 Å². The van der Waals surface area contributed by atoms with Crippen molar-refractivity contribution in [2.45, 2.75) is 0 Å². The normalized spacial score (nSPS) is 10.7. The van der Waals surface area contributed by atoms with Crippen molar-refractivity contribution in [3.05, 3.63) is 41.7 Å². The maximum Gasteiger partial charge on any atom is 0.123 e. The molecule has 0 N–H and O–H groups in total. The van der Waals surface area contributed by atoms with Crippen LogP contribution in [0.15, 0.2) is 30.3 Å². The quantitative estimate of drug-likeness (QED) is 0.618. The minimum atomic E-state index is -0.280. The van der Waals surface area contributed by atoms with Gasteiger partial charge in [-0.25, -0.2) is 9.50 Å². The molecule has 0 aliphatic rings. The summed E-state index contributed by atoms with van der Waals surface area (Å²) in [4.78, 5) is 0. The third-order valence-electron chi connectivity index (χ3n) is 1.26. The molecule has 0 saturated heterocycles. The van der Waals surface area contributed by atoms with Gasteiger partial charge in [-0.3, -0.25) is 0 Å². The van der Waals surface area contributed by atoms with E-state index in [-0.39, 0.29) is 12.4 Å². The molecule has 0 amide bonds. The zero-order chi connectivity index (χ0) is 8.10. The van der Waals surface area contributed by atoms with Crippen molar-refractivity contribution >= 4 is 6.08 Å². The summed E-state index contributed by atoms with van der Waals surface area (Å²) in [5, 5.41) is 10.0. The Kier molecular flexibility index (Phi) is 2.81. The molecule has 0 aliphatic heterocycles. The minimum absolute atomic E-state index is 0.267. The minimum Gasteiger partial charge on any atom is -0.232 e. The van der Waals surface area contributed by atoms with E-state index in [9.17, 15) is 9.50 Å². The fourth-order valence-corrected chi connectivity index (χ4v) is 0.794. The third kappa shape index (κ3) is 2.51. The highest BCUT2D eigenvalue weighted by Crippen LogP contribution is 2.04. The Balaban J connectivity index is 2.79. The second-order valence-electron chi connectivity index (χ2n) is 2.12. The molecular weight excluding hydrogens is 143 g/mol. The molecule has 2 heteroatoms. The van der Waals surface area contributed by atoms with E-state index >= 15 is 0 Å². The molecule has 0 spiro atoms. The molecule has 1 rings (SSSR count). The summed E-state index contributed by atoms with van der Waals surface area (Å²) in [6.45, 7) is -0.267. The zero-order valence-electron chi connectivity index (χ0n) is 5.96.